The molecule has 6 heteroatoms. The Hall–Kier alpha value is -1.79. The van der Waals surface area contributed by atoms with Gasteiger partial charge in [-0.05, 0) is 44.4 Å². The highest BCUT2D eigenvalue weighted by molar-refractivity contribution is 5.76. The third kappa shape index (κ3) is 5.84. The predicted molar refractivity (Wildman–Crippen MR) is 107 cm³/mol. The van der Waals surface area contributed by atoms with Crippen LogP contribution in [0.25, 0.3) is 0 Å². The lowest BCUT2D eigenvalue weighted by Gasteiger charge is -2.44. The van der Waals surface area contributed by atoms with Crippen molar-refractivity contribution < 1.29 is 19.0 Å². The van der Waals surface area contributed by atoms with Crippen molar-refractivity contribution in [2.45, 2.75) is 45.2 Å². The van der Waals surface area contributed by atoms with Crippen LogP contribution in [0.5, 0.6) is 11.5 Å². The third-order valence-electron chi connectivity index (χ3n) is 5.31. The van der Waals surface area contributed by atoms with Crippen molar-refractivity contribution in [1.29, 1.82) is 0 Å². The van der Waals surface area contributed by atoms with E-state index in [1.807, 2.05) is 23.1 Å². The van der Waals surface area contributed by atoms with Gasteiger partial charge in [0.2, 0.25) is 5.91 Å². The maximum absolute atomic E-state index is 12.7. The number of aryl methyl sites for hydroxylation is 1. The normalized spacial score (nSPS) is 20.6. The number of rotatable bonds is 9. The van der Waals surface area contributed by atoms with Crippen LogP contribution in [0.3, 0.4) is 0 Å². The Morgan fingerprint density at radius 2 is 1.74 bits per heavy atom. The molecule has 1 aromatic rings. The summed E-state index contributed by atoms with van der Waals surface area (Å²) in [6.45, 7) is 7.62. The molecule has 1 saturated heterocycles. The summed E-state index contributed by atoms with van der Waals surface area (Å²) in [5.74, 6) is 1.71. The molecule has 1 amide bonds. The molecule has 6 nitrogen and oxygen atoms in total. The summed E-state index contributed by atoms with van der Waals surface area (Å²) in [4.78, 5) is 17.1. The number of piperazine rings is 1. The lowest BCUT2D eigenvalue weighted by molar-refractivity contribution is -0.135. The van der Waals surface area contributed by atoms with Crippen LogP contribution in [0.2, 0.25) is 0 Å². The van der Waals surface area contributed by atoms with Crippen LogP contribution >= 0.6 is 0 Å². The molecule has 2 unspecified atom stereocenters. The average molecular weight is 379 g/mol. The van der Waals surface area contributed by atoms with Crippen LogP contribution < -0.4 is 9.47 Å². The van der Waals surface area contributed by atoms with E-state index in [0.29, 0.717) is 18.5 Å². The van der Waals surface area contributed by atoms with Crippen LogP contribution in [-0.2, 0) is 16.0 Å². The minimum atomic E-state index is 0.251. The molecule has 1 aromatic carbocycles. The first kappa shape index (κ1) is 21.5. The molecule has 1 fully saturated rings. The molecular weight excluding hydrogens is 344 g/mol. The van der Waals surface area contributed by atoms with E-state index in [4.69, 9.17) is 14.2 Å². The molecular formula is C21H34N2O4. The van der Waals surface area contributed by atoms with Gasteiger partial charge < -0.3 is 19.1 Å². The number of carbonyl (C=O) groups excluding carboxylic acids is 1. The molecule has 0 spiro atoms. The number of carbonyl (C=O) groups is 1. The molecule has 2 atom stereocenters. The molecule has 0 radical (unpaired) electrons. The van der Waals surface area contributed by atoms with Crippen LogP contribution in [0.1, 0.15) is 32.3 Å². The molecule has 152 valence electrons. The van der Waals surface area contributed by atoms with Gasteiger partial charge >= 0.3 is 0 Å². The monoisotopic (exact) mass is 378 g/mol. The van der Waals surface area contributed by atoms with E-state index in [2.05, 4.69) is 18.7 Å². The summed E-state index contributed by atoms with van der Waals surface area (Å²) < 4.78 is 15.8. The van der Waals surface area contributed by atoms with Crippen molar-refractivity contribution in [3.8, 4) is 11.5 Å². The second-order valence-corrected chi connectivity index (χ2v) is 7.27. The summed E-state index contributed by atoms with van der Waals surface area (Å²) in [6, 6.07) is 6.66. The van der Waals surface area contributed by atoms with Gasteiger partial charge in [0, 0.05) is 45.2 Å². The number of ether oxygens (including phenoxy) is 3. The van der Waals surface area contributed by atoms with E-state index >= 15 is 0 Å². The fraction of sp³-hybridized carbons (Fsp3) is 0.667. The van der Waals surface area contributed by atoms with Crippen LogP contribution in [0.4, 0.5) is 0 Å². The first-order valence-corrected chi connectivity index (χ1v) is 9.73. The third-order valence-corrected chi connectivity index (χ3v) is 5.31. The second-order valence-electron chi connectivity index (χ2n) is 7.27. The molecule has 0 N–H and O–H groups in total. The molecule has 0 aliphatic carbocycles. The number of methoxy groups -OCH3 is 3. The standard InChI is InChI=1S/C21H34N2O4/c1-16-14-22(15-17(2)23(16)11-12-25-3)21(24)8-6-7-18-9-10-19(26-4)20(13-18)27-5/h9-10,13,16-17H,6-8,11-12,14-15H2,1-5H3. The Kier molecular flexibility index (Phi) is 8.38. The van der Waals surface area contributed by atoms with Gasteiger partial charge in [-0.25, -0.2) is 0 Å². The van der Waals surface area contributed by atoms with E-state index in [0.717, 1.165) is 56.1 Å². The van der Waals surface area contributed by atoms with Crippen molar-refractivity contribution in [1.82, 2.24) is 9.80 Å². The van der Waals surface area contributed by atoms with Crippen LogP contribution in [0, 0.1) is 0 Å². The van der Waals surface area contributed by atoms with Gasteiger partial charge in [0.15, 0.2) is 11.5 Å². The Labute approximate surface area is 163 Å². The Balaban J connectivity index is 1.82. The summed E-state index contributed by atoms with van der Waals surface area (Å²) in [6.07, 6.45) is 2.26. The van der Waals surface area contributed by atoms with Gasteiger partial charge in [-0.15, -0.1) is 0 Å². The smallest absolute Gasteiger partial charge is 0.222 e. The van der Waals surface area contributed by atoms with Gasteiger partial charge in [0.25, 0.3) is 0 Å². The summed E-state index contributed by atoms with van der Waals surface area (Å²) in [5.41, 5.74) is 1.16. The summed E-state index contributed by atoms with van der Waals surface area (Å²) >= 11 is 0. The fourth-order valence-corrected chi connectivity index (χ4v) is 3.84. The zero-order valence-electron chi connectivity index (χ0n) is 17.4. The molecule has 0 saturated carbocycles. The first-order valence-electron chi connectivity index (χ1n) is 9.73. The largest absolute Gasteiger partial charge is 0.493 e. The SMILES string of the molecule is COCCN1C(C)CN(C(=O)CCCc2ccc(OC)c(OC)c2)CC1C. The molecule has 1 heterocycles. The average Bonchev–Trinajstić information content (AvgIpc) is 2.67. The number of benzene rings is 1. The van der Waals surface area contributed by atoms with Gasteiger partial charge in [-0.2, -0.15) is 0 Å². The van der Waals surface area contributed by atoms with E-state index in [-0.39, 0.29) is 5.91 Å². The quantitative estimate of drug-likeness (QED) is 0.661. The number of amides is 1. The zero-order valence-corrected chi connectivity index (χ0v) is 17.4. The summed E-state index contributed by atoms with van der Waals surface area (Å²) in [7, 11) is 5.00. The number of hydrogen-bond acceptors (Lipinski definition) is 5. The van der Waals surface area contributed by atoms with E-state index in [1.54, 1.807) is 21.3 Å². The minimum Gasteiger partial charge on any atom is -0.493 e. The fourth-order valence-electron chi connectivity index (χ4n) is 3.84. The number of nitrogens with zero attached hydrogens (tertiary/aromatic N) is 2. The van der Waals surface area contributed by atoms with Crippen molar-refractivity contribution in [3.05, 3.63) is 23.8 Å². The van der Waals surface area contributed by atoms with Gasteiger partial charge in [-0.3, -0.25) is 9.69 Å². The number of hydrogen-bond donors (Lipinski definition) is 0. The molecule has 0 aromatic heterocycles. The van der Waals surface area contributed by atoms with Crippen molar-refractivity contribution in [2.24, 2.45) is 0 Å². The van der Waals surface area contributed by atoms with Crippen LogP contribution in [-0.4, -0.2) is 75.4 Å². The highest BCUT2D eigenvalue weighted by Gasteiger charge is 2.31. The van der Waals surface area contributed by atoms with E-state index in [1.165, 1.54) is 0 Å². The van der Waals surface area contributed by atoms with E-state index in [9.17, 15) is 4.79 Å². The van der Waals surface area contributed by atoms with E-state index < -0.39 is 0 Å². The lowest BCUT2D eigenvalue weighted by atomic mass is 10.0. The molecule has 1 aliphatic rings. The Bertz CT molecular complexity index is 596. The second kappa shape index (κ2) is 10.5. The van der Waals surface area contributed by atoms with Gasteiger partial charge in [0.1, 0.15) is 0 Å². The Morgan fingerprint density at radius 1 is 1.07 bits per heavy atom. The topological polar surface area (TPSA) is 51.2 Å². The molecule has 1 aliphatic heterocycles. The lowest BCUT2D eigenvalue weighted by Crippen LogP contribution is -2.58. The molecule has 27 heavy (non-hydrogen) atoms. The van der Waals surface area contributed by atoms with Crippen molar-refractivity contribution >= 4 is 5.91 Å². The van der Waals surface area contributed by atoms with Crippen molar-refractivity contribution in [3.63, 3.8) is 0 Å². The van der Waals surface area contributed by atoms with Crippen molar-refractivity contribution in [2.75, 3.05) is 47.6 Å². The van der Waals surface area contributed by atoms with Crippen LogP contribution in [0.15, 0.2) is 18.2 Å². The maximum Gasteiger partial charge on any atom is 0.222 e. The van der Waals surface area contributed by atoms with Gasteiger partial charge in [-0.1, -0.05) is 6.07 Å². The summed E-state index contributed by atoms with van der Waals surface area (Å²) in [5, 5.41) is 0. The highest BCUT2D eigenvalue weighted by Crippen LogP contribution is 2.28. The highest BCUT2D eigenvalue weighted by atomic mass is 16.5. The molecule has 0 bridgehead atoms. The first-order chi connectivity index (χ1) is 13.0. The maximum atomic E-state index is 12.7. The molecule has 2 rings (SSSR count). The van der Waals surface area contributed by atoms with Gasteiger partial charge in [0.05, 0.1) is 20.8 Å². The Morgan fingerprint density at radius 3 is 2.33 bits per heavy atom. The zero-order chi connectivity index (χ0) is 19.8. The minimum absolute atomic E-state index is 0.251. The predicted octanol–water partition coefficient (Wildman–Crippen LogP) is 2.59.